The van der Waals surface area contributed by atoms with Crippen LogP contribution in [0.1, 0.15) is 20.3 Å². The molecule has 0 fully saturated rings. The normalized spacial score (nSPS) is 36.8. The van der Waals surface area contributed by atoms with Gasteiger partial charge in [0.25, 0.3) is 0 Å². The van der Waals surface area contributed by atoms with Crippen molar-refractivity contribution >= 4 is 0 Å². The van der Waals surface area contributed by atoms with Gasteiger partial charge >= 0.3 is 0 Å². The van der Waals surface area contributed by atoms with Gasteiger partial charge in [0.2, 0.25) is 0 Å². The quantitative estimate of drug-likeness (QED) is 0.490. The SMILES string of the molecule is CC(C)C1=CC(O)C(O)C(O)C1. The Balaban J connectivity index is 2.74. The van der Waals surface area contributed by atoms with Crippen LogP contribution in [0.15, 0.2) is 11.6 Å². The molecular weight excluding hydrogens is 156 g/mol. The fourth-order valence-electron chi connectivity index (χ4n) is 1.40. The highest BCUT2D eigenvalue weighted by Gasteiger charge is 2.29. The van der Waals surface area contributed by atoms with Crippen molar-refractivity contribution < 1.29 is 15.3 Å². The second-order valence-electron chi connectivity index (χ2n) is 3.65. The molecule has 0 saturated heterocycles. The molecule has 3 nitrogen and oxygen atoms in total. The Bertz CT molecular complexity index is 186. The maximum Gasteiger partial charge on any atom is 0.110 e. The van der Waals surface area contributed by atoms with Crippen LogP contribution in [0.3, 0.4) is 0 Å². The predicted molar refractivity (Wildman–Crippen MR) is 45.6 cm³/mol. The van der Waals surface area contributed by atoms with Gasteiger partial charge in [-0.25, -0.2) is 0 Å². The Morgan fingerprint density at radius 2 is 1.92 bits per heavy atom. The molecule has 0 aromatic heterocycles. The molecule has 1 rings (SSSR count). The van der Waals surface area contributed by atoms with Crippen molar-refractivity contribution in [2.24, 2.45) is 5.92 Å². The molecule has 3 unspecified atom stereocenters. The van der Waals surface area contributed by atoms with E-state index in [1.807, 2.05) is 13.8 Å². The molecule has 0 aliphatic heterocycles. The van der Waals surface area contributed by atoms with Crippen LogP contribution in [-0.4, -0.2) is 33.6 Å². The Morgan fingerprint density at radius 1 is 1.33 bits per heavy atom. The largest absolute Gasteiger partial charge is 0.390 e. The topological polar surface area (TPSA) is 60.7 Å². The summed E-state index contributed by atoms with van der Waals surface area (Å²) in [7, 11) is 0. The van der Waals surface area contributed by atoms with Crippen molar-refractivity contribution in [2.75, 3.05) is 0 Å². The molecule has 1 aliphatic rings. The zero-order valence-corrected chi connectivity index (χ0v) is 7.44. The van der Waals surface area contributed by atoms with Crippen LogP contribution in [0.25, 0.3) is 0 Å². The summed E-state index contributed by atoms with van der Waals surface area (Å²) in [6.45, 7) is 4.01. The maximum atomic E-state index is 9.32. The number of rotatable bonds is 1. The summed E-state index contributed by atoms with van der Waals surface area (Å²) in [5.74, 6) is 0.321. The lowest BCUT2D eigenvalue weighted by Gasteiger charge is -2.29. The molecule has 0 saturated carbocycles. The van der Waals surface area contributed by atoms with Crippen LogP contribution in [0.2, 0.25) is 0 Å². The molecule has 0 bridgehead atoms. The van der Waals surface area contributed by atoms with Crippen molar-refractivity contribution in [2.45, 2.75) is 38.6 Å². The molecule has 12 heavy (non-hydrogen) atoms. The van der Waals surface area contributed by atoms with Gasteiger partial charge in [-0.15, -0.1) is 0 Å². The molecule has 0 heterocycles. The Labute approximate surface area is 72.3 Å². The monoisotopic (exact) mass is 172 g/mol. The van der Waals surface area contributed by atoms with E-state index in [-0.39, 0.29) is 0 Å². The minimum absolute atomic E-state index is 0.321. The van der Waals surface area contributed by atoms with Crippen molar-refractivity contribution in [3.05, 3.63) is 11.6 Å². The summed E-state index contributed by atoms with van der Waals surface area (Å²) in [5, 5.41) is 27.8. The lowest BCUT2D eigenvalue weighted by molar-refractivity contribution is -0.0487. The second-order valence-corrected chi connectivity index (χ2v) is 3.65. The van der Waals surface area contributed by atoms with Gasteiger partial charge in [-0.1, -0.05) is 25.5 Å². The molecule has 1 aliphatic carbocycles. The third kappa shape index (κ3) is 1.86. The minimum atomic E-state index is -1.02. The number of aliphatic hydroxyl groups is 3. The highest BCUT2D eigenvalue weighted by atomic mass is 16.4. The maximum absolute atomic E-state index is 9.32. The van der Waals surface area contributed by atoms with E-state index in [4.69, 9.17) is 0 Å². The summed E-state index contributed by atoms with van der Waals surface area (Å²) in [6, 6.07) is 0. The molecule has 0 amide bonds. The van der Waals surface area contributed by atoms with Gasteiger partial charge in [-0.2, -0.15) is 0 Å². The molecule has 70 valence electrons. The van der Waals surface area contributed by atoms with E-state index >= 15 is 0 Å². The Kier molecular flexibility index (Phi) is 2.88. The molecule has 0 aromatic carbocycles. The lowest BCUT2D eigenvalue weighted by atomic mass is 9.87. The van der Waals surface area contributed by atoms with Crippen LogP contribution in [0.4, 0.5) is 0 Å². The summed E-state index contributed by atoms with van der Waals surface area (Å²) in [4.78, 5) is 0. The standard InChI is InChI=1S/C9H16O3/c1-5(2)6-3-7(10)9(12)8(11)4-6/h3,5,7-12H,4H2,1-2H3. The molecule has 3 N–H and O–H groups in total. The third-order valence-corrected chi connectivity index (χ3v) is 2.32. The van der Waals surface area contributed by atoms with Gasteiger partial charge in [0, 0.05) is 0 Å². The van der Waals surface area contributed by atoms with E-state index in [1.54, 1.807) is 6.08 Å². The summed E-state index contributed by atoms with van der Waals surface area (Å²) in [6.07, 6.45) is -0.640. The lowest BCUT2D eigenvalue weighted by Crippen LogP contribution is -2.40. The van der Waals surface area contributed by atoms with Crippen molar-refractivity contribution in [3.8, 4) is 0 Å². The summed E-state index contributed by atoms with van der Waals surface area (Å²) < 4.78 is 0. The number of hydrogen-bond acceptors (Lipinski definition) is 3. The fourth-order valence-corrected chi connectivity index (χ4v) is 1.40. The van der Waals surface area contributed by atoms with Crippen LogP contribution < -0.4 is 0 Å². The smallest absolute Gasteiger partial charge is 0.110 e. The van der Waals surface area contributed by atoms with Gasteiger partial charge < -0.3 is 15.3 Å². The molecule has 0 radical (unpaired) electrons. The Morgan fingerprint density at radius 3 is 2.33 bits per heavy atom. The molecular formula is C9H16O3. The highest BCUT2D eigenvalue weighted by molar-refractivity contribution is 5.15. The first-order valence-electron chi connectivity index (χ1n) is 4.27. The van der Waals surface area contributed by atoms with Gasteiger partial charge in [0.1, 0.15) is 12.2 Å². The zero-order valence-electron chi connectivity index (χ0n) is 7.44. The van der Waals surface area contributed by atoms with Crippen LogP contribution in [0, 0.1) is 5.92 Å². The van der Waals surface area contributed by atoms with Gasteiger partial charge in [0.05, 0.1) is 6.10 Å². The number of hydrogen-bond donors (Lipinski definition) is 3. The first kappa shape index (κ1) is 9.71. The van der Waals surface area contributed by atoms with Crippen molar-refractivity contribution in [3.63, 3.8) is 0 Å². The molecule has 0 spiro atoms. The third-order valence-electron chi connectivity index (χ3n) is 2.32. The highest BCUT2D eigenvalue weighted by Crippen LogP contribution is 2.24. The molecule has 0 aromatic rings. The second kappa shape index (κ2) is 3.56. The minimum Gasteiger partial charge on any atom is -0.390 e. The van der Waals surface area contributed by atoms with E-state index in [0.29, 0.717) is 12.3 Å². The molecule has 3 atom stereocenters. The van der Waals surface area contributed by atoms with Gasteiger partial charge in [-0.05, 0) is 12.3 Å². The van der Waals surface area contributed by atoms with Gasteiger partial charge in [-0.3, -0.25) is 0 Å². The van der Waals surface area contributed by atoms with Crippen LogP contribution >= 0.6 is 0 Å². The van der Waals surface area contributed by atoms with Gasteiger partial charge in [0.15, 0.2) is 0 Å². The fraction of sp³-hybridized carbons (Fsp3) is 0.778. The van der Waals surface area contributed by atoms with Crippen molar-refractivity contribution in [1.29, 1.82) is 0 Å². The van der Waals surface area contributed by atoms with E-state index in [1.165, 1.54) is 0 Å². The summed E-state index contributed by atoms with van der Waals surface area (Å²) in [5.41, 5.74) is 1.01. The van der Waals surface area contributed by atoms with E-state index in [2.05, 4.69) is 0 Å². The first-order chi connectivity index (χ1) is 5.52. The van der Waals surface area contributed by atoms with E-state index in [9.17, 15) is 15.3 Å². The zero-order chi connectivity index (χ0) is 9.30. The van der Waals surface area contributed by atoms with Crippen LogP contribution in [-0.2, 0) is 0 Å². The average molecular weight is 172 g/mol. The van der Waals surface area contributed by atoms with E-state index < -0.39 is 18.3 Å². The first-order valence-corrected chi connectivity index (χ1v) is 4.27. The van der Waals surface area contributed by atoms with Crippen LogP contribution in [0.5, 0.6) is 0 Å². The summed E-state index contributed by atoms with van der Waals surface area (Å²) >= 11 is 0. The predicted octanol–water partition coefficient (Wildman–Crippen LogP) is 0.0552. The Hall–Kier alpha value is -0.380. The number of aliphatic hydroxyl groups excluding tert-OH is 3. The molecule has 3 heteroatoms. The van der Waals surface area contributed by atoms with Crippen molar-refractivity contribution in [1.82, 2.24) is 0 Å². The van der Waals surface area contributed by atoms with E-state index in [0.717, 1.165) is 5.57 Å². The average Bonchev–Trinajstić information content (AvgIpc) is 1.99.